The standard InChI is InChI=1S/C22H24N4O4/c23-13-4-16-26(18-5-2-1-3-6-18)21(29)12-11-20(28)24-14-15-25-22(30)17-7-9-19(27)10-8-17/h1-3,5-10,27H,4,11-12,14-16H2,(H,24,28)(H,25,30). The van der Waals surface area contributed by atoms with Crippen molar-refractivity contribution in [1.29, 1.82) is 5.26 Å². The van der Waals surface area contributed by atoms with Crippen LogP contribution >= 0.6 is 0 Å². The number of nitrogens with one attached hydrogen (secondary N) is 2. The van der Waals surface area contributed by atoms with Crippen molar-refractivity contribution >= 4 is 23.4 Å². The first kappa shape index (κ1) is 22.4. The molecule has 0 aliphatic carbocycles. The minimum atomic E-state index is -0.310. The third-order valence-corrected chi connectivity index (χ3v) is 4.24. The lowest BCUT2D eigenvalue weighted by atomic mass is 10.2. The molecule has 0 saturated heterocycles. The molecule has 156 valence electrons. The summed E-state index contributed by atoms with van der Waals surface area (Å²) in [5.74, 6) is -0.759. The molecule has 2 aromatic carbocycles. The number of amides is 3. The zero-order valence-electron chi connectivity index (χ0n) is 16.5. The number of nitriles is 1. The minimum Gasteiger partial charge on any atom is -0.508 e. The monoisotopic (exact) mass is 408 g/mol. The summed E-state index contributed by atoms with van der Waals surface area (Å²) in [4.78, 5) is 38.0. The zero-order chi connectivity index (χ0) is 21.8. The van der Waals surface area contributed by atoms with E-state index in [1.807, 2.05) is 12.1 Å². The molecule has 3 N–H and O–H groups in total. The van der Waals surface area contributed by atoms with Gasteiger partial charge in [0.15, 0.2) is 0 Å². The fourth-order valence-electron chi connectivity index (χ4n) is 2.70. The predicted molar refractivity (Wildman–Crippen MR) is 112 cm³/mol. The summed E-state index contributed by atoms with van der Waals surface area (Å²) in [6.07, 6.45) is 0.236. The maximum Gasteiger partial charge on any atom is 0.251 e. The summed E-state index contributed by atoms with van der Waals surface area (Å²) in [5.41, 5.74) is 1.10. The van der Waals surface area contributed by atoms with Crippen LogP contribution < -0.4 is 15.5 Å². The maximum absolute atomic E-state index is 12.5. The molecule has 8 heteroatoms. The third kappa shape index (κ3) is 7.28. The van der Waals surface area contributed by atoms with Crippen LogP contribution in [0.15, 0.2) is 54.6 Å². The lowest BCUT2D eigenvalue weighted by Crippen LogP contribution is -2.36. The summed E-state index contributed by atoms with van der Waals surface area (Å²) >= 11 is 0. The first-order chi connectivity index (χ1) is 14.5. The van der Waals surface area contributed by atoms with E-state index in [4.69, 9.17) is 5.26 Å². The van der Waals surface area contributed by atoms with Gasteiger partial charge in [-0.2, -0.15) is 5.26 Å². The van der Waals surface area contributed by atoms with Crippen molar-refractivity contribution in [3.63, 3.8) is 0 Å². The van der Waals surface area contributed by atoms with E-state index in [0.29, 0.717) is 11.3 Å². The topological polar surface area (TPSA) is 123 Å². The Kier molecular flexibility index (Phi) is 8.87. The molecular formula is C22H24N4O4. The summed E-state index contributed by atoms with van der Waals surface area (Å²) in [7, 11) is 0. The van der Waals surface area contributed by atoms with Crippen molar-refractivity contribution < 1.29 is 19.5 Å². The van der Waals surface area contributed by atoms with Gasteiger partial charge >= 0.3 is 0 Å². The Morgan fingerprint density at radius 1 is 0.933 bits per heavy atom. The second-order valence-corrected chi connectivity index (χ2v) is 6.44. The molecule has 0 spiro atoms. The molecule has 0 fully saturated rings. The molecule has 0 unspecified atom stereocenters. The number of benzene rings is 2. The normalized spacial score (nSPS) is 9.97. The average molecular weight is 408 g/mol. The highest BCUT2D eigenvalue weighted by molar-refractivity contribution is 5.95. The van der Waals surface area contributed by atoms with Crippen LogP contribution in [-0.2, 0) is 9.59 Å². The molecule has 3 amide bonds. The molecule has 0 heterocycles. The van der Waals surface area contributed by atoms with Crippen molar-refractivity contribution in [3.8, 4) is 11.8 Å². The Bertz CT molecular complexity index is 892. The molecule has 0 aromatic heterocycles. The van der Waals surface area contributed by atoms with Crippen molar-refractivity contribution in [2.45, 2.75) is 19.3 Å². The van der Waals surface area contributed by atoms with Crippen LogP contribution in [0, 0.1) is 11.3 Å². The summed E-state index contributed by atoms with van der Waals surface area (Å²) in [6, 6.07) is 16.9. The number of nitrogens with zero attached hydrogens (tertiary/aromatic N) is 2. The number of hydrogen-bond acceptors (Lipinski definition) is 5. The van der Waals surface area contributed by atoms with E-state index >= 15 is 0 Å². The number of phenols is 1. The Morgan fingerprint density at radius 3 is 2.27 bits per heavy atom. The van der Waals surface area contributed by atoms with Gasteiger partial charge in [0.2, 0.25) is 11.8 Å². The molecule has 8 nitrogen and oxygen atoms in total. The van der Waals surface area contributed by atoms with Gasteiger partial charge in [0.25, 0.3) is 5.91 Å². The minimum absolute atomic E-state index is 0.0145. The predicted octanol–water partition coefficient (Wildman–Crippen LogP) is 1.97. The number of aromatic hydroxyl groups is 1. The fraction of sp³-hybridized carbons (Fsp3) is 0.273. The molecule has 2 aromatic rings. The lowest BCUT2D eigenvalue weighted by Gasteiger charge is -2.21. The van der Waals surface area contributed by atoms with Crippen LogP contribution in [0.3, 0.4) is 0 Å². The summed E-state index contributed by atoms with van der Waals surface area (Å²) in [5, 5.41) is 23.4. The van der Waals surface area contributed by atoms with Gasteiger partial charge in [-0.3, -0.25) is 14.4 Å². The second kappa shape index (κ2) is 11.9. The quantitative estimate of drug-likeness (QED) is 0.519. The van der Waals surface area contributed by atoms with Crippen LogP contribution in [0.25, 0.3) is 0 Å². The fourth-order valence-corrected chi connectivity index (χ4v) is 2.70. The highest BCUT2D eigenvalue weighted by atomic mass is 16.3. The smallest absolute Gasteiger partial charge is 0.251 e. The van der Waals surface area contributed by atoms with E-state index in [2.05, 4.69) is 10.6 Å². The molecular weight excluding hydrogens is 384 g/mol. The van der Waals surface area contributed by atoms with Gasteiger partial charge in [-0.25, -0.2) is 0 Å². The van der Waals surface area contributed by atoms with Gasteiger partial charge in [0.1, 0.15) is 5.75 Å². The van der Waals surface area contributed by atoms with E-state index in [-0.39, 0.29) is 62.4 Å². The summed E-state index contributed by atoms with van der Waals surface area (Å²) in [6.45, 7) is 0.732. The van der Waals surface area contributed by atoms with Crippen LogP contribution in [0.2, 0.25) is 0 Å². The second-order valence-electron chi connectivity index (χ2n) is 6.44. The Labute approximate surface area is 175 Å². The van der Waals surface area contributed by atoms with Crippen LogP contribution in [-0.4, -0.2) is 42.5 Å². The van der Waals surface area contributed by atoms with Crippen molar-refractivity contribution in [3.05, 3.63) is 60.2 Å². The van der Waals surface area contributed by atoms with E-state index in [1.165, 1.54) is 29.2 Å². The van der Waals surface area contributed by atoms with Crippen molar-refractivity contribution in [1.82, 2.24) is 10.6 Å². The number of anilines is 1. The average Bonchev–Trinajstić information content (AvgIpc) is 2.76. The number of carbonyl (C=O) groups is 3. The number of phenolic OH excluding ortho intramolecular Hbond substituents is 1. The number of hydrogen-bond donors (Lipinski definition) is 3. The molecule has 0 aliphatic rings. The highest BCUT2D eigenvalue weighted by Gasteiger charge is 2.16. The molecule has 30 heavy (non-hydrogen) atoms. The van der Waals surface area contributed by atoms with Crippen molar-refractivity contribution in [2.75, 3.05) is 24.5 Å². The first-order valence-corrected chi connectivity index (χ1v) is 9.57. The third-order valence-electron chi connectivity index (χ3n) is 4.24. The van der Waals surface area contributed by atoms with Crippen LogP contribution in [0.4, 0.5) is 5.69 Å². The highest BCUT2D eigenvalue weighted by Crippen LogP contribution is 2.15. The molecule has 0 aliphatic heterocycles. The number of carbonyl (C=O) groups excluding carboxylic acids is 3. The number of rotatable bonds is 10. The lowest BCUT2D eigenvalue weighted by molar-refractivity contribution is -0.125. The Balaban J connectivity index is 1.72. The van der Waals surface area contributed by atoms with E-state index in [1.54, 1.807) is 24.3 Å². The molecule has 2 rings (SSSR count). The Morgan fingerprint density at radius 2 is 1.60 bits per heavy atom. The van der Waals surface area contributed by atoms with Gasteiger partial charge in [0, 0.05) is 43.7 Å². The molecule has 0 bridgehead atoms. The largest absolute Gasteiger partial charge is 0.508 e. The van der Waals surface area contributed by atoms with Gasteiger partial charge in [-0.1, -0.05) is 18.2 Å². The maximum atomic E-state index is 12.5. The van der Waals surface area contributed by atoms with Gasteiger partial charge in [-0.15, -0.1) is 0 Å². The first-order valence-electron chi connectivity index (χ1n) is 9.57. The van der Waals surface area contributed by atoms with Crippen LogP contribution in [0.1, 0.15) is 29.6 Å². The molecule has 0 radical (unpaired) electrons. The van der Waals surface area contributed by atoms with E-state index < -0.39 is 0 Å². The van der Waals surface area contributed by atoms with Gasteiger partial charge < -0.3 is 20.6 Å². The van der Waals surface area contributed by atoms with E-state index in [9.17, 15) is 19.5 Å². The van der Waals surface area contributed by atoms with Gasteiger partial charge in [-0.05, 0) is 36.4 Å². The van der Waals surface area contributed by atoms with Gasteiger partial charge in [0.05, 0.1) is 12.5 Å². The van der Waals surface area contributed by atoms with Crippen molar-refractivity contribution in [2.24, 2.45) is 0 Å². The van der Waals surface area contributed by atoms with Crippen LogP contribution in [0.5, 0.6) is 5.75 Å². The molecule has 0 atom stereocenters. The Hall–Kier alpha value is -3.86. The SMILES string of the molecule is N#CCCN(C(=O)CCC(=O)NCCNC(=O)c1ccc(O)cc1)c1ccccc1. The number of para-hydroxylation sites is 1. The zero-order valence-corrected chi connectivity index (χ0v) is 16.5. The van der Waals surface area contributed by atoms with E-state index in [0.717, 1.165) is 0 Å². The summed E-state index contributed by atoms with van der Waals surface area (Å²) < 4.78 is 0. The molecule has 0 saturated carbocycles.